The molecule has 0 saturated carbocycles. The van der Waals surface area contributed by atoms with Crippen LogP contribution in [0.15, 0.2) is 55.8 Å². The molecular formula is C12H6N4O2S. The quantitative estimate of drug-likeness (QED) is 0.722. The van der Waals surface area contributed by atoms with Crippen LogP contribution in [0.4, 0.5) is 0 Å². The third-order valence-corrected chi connectivity index (χ3v) is 3.07. The number of nitrogens with zero attached hydrogens (tertiary/aromatic N) is 4. The molecule has 19 heavy (non-hydrogen) atoms. The first-order valence-corrected chi connectivity index (χ1v) is 6.09. The van der Waals surface area contributed by atoms with Crippen LogP contribution in [0.5, 0.6) is 0 Å². The number of pyridine rings is 1. The Labute approximate surface area is 112 Å². The molecule has 0 aliphatic heterocycles. The van der Waals surface area contributed by atoms with Gasteiger partial charge in [0.05, 0.1) is 11.8 Å². The maximum atomic E-state index is 8.97. The van der Waals surface area contributed by atoms with E-state index in [1.165, 1.54) is 6.26 Å². The molecule has 0 saturated heterocycles. The first-order valence-electron chi connectivity index (χ1n) is 5.27. The number of hydrogen-bond donors (Lipinski definition) is 0. The third-order valence-electron chi connectivity index (χ3n) is 2.21. The Kier molecular flexibility index (Phi) is 3.00. The van der Waals surface area contributed by atoms with Gasteiger partial charge in [-0.15, -0.1) is 10.2 Å². The number of aromatic nitrogens is 3. The molecule has 92 valence electrons. The molecule has 7 heteroatoms. The molecule has 3 aromatic rings. The van der Waals surface area contributed by atoms with E-state index in [1.54, 1.807) is 30.5 Å². The van der Waals surface area contributed by atoms with Gasteiger partial charge < -0.3 is 8.83 Å². The van der Waals surface area contributed by atoms with E-state index in [4.69, 9.17) is 14.1 Å². The van der Waals surface area contributed by atoms with Crippen molar-refractivity contribution in [1.82, 2.24) is 15.2 Å². The maximum absolute atomic E-state index is 8.97. The largest absolute Gasteiger partial charge is 0.459 e. The zero-order chi connectivity index (χ0) is 13.1. The zero-order valence-electron chi connectivity index (χ0n) is 9.48. The number of nitriles is 1. The monoisotopic (exact) mass is 270 g/mol. The van der Waals surface area contributed by atoms with E-state index in [0.717, 1.165) is 11.8 Å². The van der Waals surface area contributed by atoms with Gasteiger partial charge in [-0.25, -0.2) is 4.98 Å². The van der Waals surface area contributed by atoms with Crippen LogP contribution in [-0.2, 0) is 0 Å². The van der Waals surface area contributed by atoms with Gasteiger partial charge in [0.15, 0.2) is 5.76 Å². The van der Waals surface area contributed by atoms with E-state index in [1.807, 2.05) is 0 Å². The summed E-state index contributed by atoms with van der Waals surface area (Å²) in [7, 11) is 0. The molecule has 3 heterocycles. The molecule has 3 aromatic heterocycles. The summed E-state index contributed by atoms with van der Waals surface area (Å²) in [5.74, 6) is 0.794. The van der Waals surface area contributed by atoms with Crippen LogP contribution in [0.2, 0.25) is 0 Å². The normalized spacial score (nSPS) is 10.3. The van der Waals surface area contributed by atoms with Crippen molar-refractivity contribution >= 4 is 11.8 Å². The standard InChI is InChI=1S/C12H6N4O2S/c13-7-8-3-1-5-14-11(8)19-12-16-15-10(18-12)9-4-2-6-17-9/h1-6H. The Balaban J connectivity index is 1.87. The molecule has 0 amide bonds. The van der Waals surface area contributed by atoms with Gasteiger partial charge >= 0.3 is 0 Å². The predicted molar refractivity (Wildman–Crippen MR) is 65.1 cm³/mol. The summed E-state index contributed by atoms with van der Waals surface area (Å²) in [6, 6.07) is 8.90. The van der Waals surface area contributed by atoms with E-state index in [9.17, 15) is 0 Å². The second-order valence-corrected chi connectivity index (χ2v) is 4.36. The lowest BCUT2D eigenvalue weighted by molar-refractivity contribution is 0.447. The van der Waals surface area contributed by atoms with Gasteiger partial charge in [-0.2, -0.15) is 5.26 Å². The lowest BCUT2D eigenvalue weighted by atomic mass is 10.3. The fourth-order valence-corrected chi connectivity index (χ4v) is 2.10. The van der Waals surface area contributed by atoms with E-state index in [0.29, 0.717) is 27.5 Å². The number of furan rings is 1. The van der Waals surface area contributed by atoms with Crippen molar-refractivity contribution < 1.29 is 8.83 Å². The lowest BCUT2D eigenvalue weighted by Gasteiger charge is -1.96. The van der Waals surface area contributed by atoms with Crippen LogP contribution in [0.1, 0.15) is 5.56 Å². The Bertz CT molecular complexity index is 730. The van der Waals surface area contributed by atoms with E-state index < -0.39 is 0 Å². The summed E-state index contributed by atoms with van der Waals surface area (Å²) in [5, 5.41) is 17.5. The third kappa shape index (κ3) is 2.34. The molecule has 0 spiro atoms. The topological polar surface area (TPSA) is 88.7 Å². The molecule has 0 aliphatic rings. The fourth-order valence-electron chi connectivity index (χ4n) is 1.39. The van der Waals surface area contributed by atoms with Crippen molar-refractivity contribution in [2.24, 2.45) is 0 Å². The van der Waals surface area contributed by atoms with Crippen LogP contribution >= 0.6 is 11.8 Å². The highest BCUT2D eigenvalue weighted by molar-refractivity contribution is 7.99. The van der Waals surface area contributed by atoms with Crippen LogP contribution in [-0.4, -0.2) is 15.2 Å². The van der Waals surface area contributed by atoms with Crippen LogP contribution in [0, 0.1) is 11.3 Å². The van der Waals surface area contributed by atoms with Gasteiger partial charge in [-0.3, -0.25) is 0 Å². The van der Waals surface area contributed by atoms with Crippen LogP contribution in [0.3, 0.4) is 0 Å². The summed E-state index contributed by atoms with van der Waals surface area (Å²) in [6.07, 6.45) is 3.13. The second kappa shape index (κ2) is 4.96. The summed E-state index contributed by atoms with van der Waals surface area (Å²) >= 11 is 1.14. The first kappa shape index (κ1) is 11.5. The molecule has 0 radical (unpaired) electrons. The summed E-state index contributed by atoms with van der Waals surface area (Å²) in [6.45, 7) is 0. The Morgan fingerprint density at radius 3 is 2.95 bits per heavy atom. The van der Waals surface area contributed by atoms with E-state index in [2.05, 4.69) is 21.3 Å². The summed E-state index contributed by atoms with van der Waals surface area (Å²) in [5.41, 5.74) is 0.463. The van der Waals surface area contributed by atoms with Crippen molar-refractivity contribution in [3.63, 3.8) is 0 Å². The van der Waals surface area contributed by atoms with E-state index in [-0.39, 0.29) is 0 Å². The van der Waals surface area contributed by atoms with Gasteiger partial charge in [0.2, 0.25) is 0 Å². The number of hydrogen-bond acceptors (Lipinski definition) is 7. The predicted octanol–water partition coefficient (Wildman–Crippen LogP) is 2.75. The smallest absolute Gasteiger partial charge is 0.284 e. The van der Waals surface area contributed by atoms with E-state index >= 15 is 0 Å². The van der Waals surface area contributed by atoms with Crippen molar-refractivity contribution in [2.45, 2.75) is 10.2 Å². The van der Waals surface area contributed by atoms with Crippen molar-refractivity contribution in [2.75, 3.05) is 0 Å². The zero-order valence-corrected chi connectivity index (χ0v) is 10.3. The fraction of sp³-hybridized carbons (Fsp3) is 0. The highest BCUT2D eigenvalue weighted by Crippen LogP contribution is 2.29. The van der Waals surface area contributed by atoms with Gasteiger partial charge in [-0.05, 0) is 36.0 Å². The second-order valence-electron chi connectivity index (χ2n) is 3.42. The SMILES string of the molecule is N#Cc1cccnc1Sc1nnc(-c2ccco2)o1. The average Bonchev–Trinajstić information content (AvgIpc) is 3.09. The molecule has 0 bridgehead atoms. The molecule has 3 rings (SSSR count). The van der Waals surface area contributed by atoms with Gasteiger partial charge in [0.25, 0.3) is 11.1 Å². The highest BCUT2D eigenvalue weighted by Gasteiger charge is 2.14. The van der Waals surface area contributed by atoms with Gasteiger partial charge in [0, 0.05) is 6.20 Å². The molecule has 0 fully saturated rings. The van der Waals surface area contributed by atoms with Crippen molar-refractivity contribution in [1.29, 1.82) is 5.26 Å². The Morgan fingerprint density at radius 2 is 2.16 bits per heavy atom. The van der Waals surface area contributed by atoms with Crippen molar-refractivity contribution in [3.8, 4) is 17.7 Å². The molecule has 0 aliphatic carbocycles. The minimum atomic E-state index is 0.293. The maximum Gasteiger partial charge on any atom is 0.284 e. The Hall–Kier alpha value is -2.59. The lowest BCUT2D eigenvalue weighted by Crippen LogP contribution is -1.85. The minimum absolute atomic E-state index is 0.293. The Morgan fingerprint density at radius 1 is 1.21 bits per heavy atom. The first-order chi connectivity index (χ1) is 9.36. The van der Waals surface area contributed by atoms with Crippen molar-refractivity contribution in [3.05, 3.63) is 42.3 Å². The summed E-state index contributed by atoms with van der Waals surface area (Å²) < 4.78 is 10.6. The molecule has 0 N–H and O–H groups in total. The van der Waals surface area contributed by atoms with Crippen LogP contribution in [0.25, 0.3) is 11.7 Å². The number of rotatable bonds is 3. The van der Waals surface area contributed by atoms with Gasteiger partial charge in [-0.1, -0.05) is 0 Å². The molecule has 0 aromatic carbocycles. The average molecular weight is 270 g/mol. The van der Waals surface area contributed by atoms with Gasteiger partial charge in [0.1, 0.15) is 11.1 Å². The highest BCUT2D eigenvalue weighted by atomic mass is 32.2. The minimum Gasteiger partial charge on any atom is -0.459 e. The molecule has 6 nitrogen and oxygen atoms in total. The molecular weight excluding hydrogens is 264 g/mol. The molecule has 0 unspecified atom stereocenters. The molecule has 0 atom stereocenters. The summed E-state index contributed by atoms with van der Waals surface area (Å²) in [4.78, 5) is 4.11. The van der Waals surface area contributed by atoms with Crippen LogP contribution < -0.4 is 0 Å².